The van der Waals surface area contributed by atoms with E-state index in [4.69, 9.17) is 5.26 Å². The molecule has 1 aromatic rings. The lowest BCUT2D eigenvalue weighted by atomic mass is 10.0. The minimum atomic E-state index is -0.0591. The SMILES string of the molecule is CNC(C#N)CN1CCc2ccccc2CC1. The van der Waals surface area contributed by atoms with Crippen LogP contribution < -0.4 is 5.32 Å². The van der Waals surface area contributed by atoms with Crippen molar-refractivity contribution in [3.8, 4) is 6.07 Å². The number of hydrogen-bond donors (Lipinski definition) is 1. The predicted molar refractivity (Wildman–Crippen MR) is 68.8 cm³/mol. The Kier molecular flexibility index (Phi) is 4.13. The zero-order chi connectivity index (χ0) is 12.1. The van der Waals surface area contributed by atoms with Crippen LogP contribution in [0.3, 0.4) is 0 Å². The van der Waals surface area contributed by atoms with Crippen LogP contribution in [0.4, 0.5) is 0 Å². The summed E-state index contributed by atoms with van der Waals surface area (Å²) in [5, 5.41) is 12.0. The monoisotopic (exact) mass is 229 g/mol. The highest BCUT2D eigenvalue weighted by Gasteiger charge is 2.16. The van der Waals surface area contributed by atoms with E-state index in [2.05, 4.69) is 40.6 Å². The second-order valence-corrected chi connectivity index (χ2v) is 4.54. The molecule has 3 nitrogen and oxygen atoms in total. The van der Waals surface area contributed by atoms with E-state index in [1.165, 1.54) is 11.1 Å². The number of nitriles is 1. The molecule has 1 unspecified atom stereocenters. The first-order chi connectivity index (χ1) is 8.33. The van der Waals surface area contributed by atoms with E-state index in [0.717, 1.165) is 32.5 Å². The van der Waals surface area contributed by atoms with Crippen LogP contribution in [-0.2, 0) is 12.8 Å². The first-order valence-electron chi connectivity index (χ1n) is 6.19. The number of nitrogens with zero attached hydrogens (tertiary/aromatic N) is 2. The zero-order valence-electron chi connectivity index (χ0n) is 10.3. The fourth-order valence-electron chi connectivity index (χ4n) is 2.35. The van der Waals surface area contributed by atoms with Crippen molar-refractivity contribution in [1.29, 1.82) is 5.26 Å². The van der Waals surface area contributed by atoms with Gasteiger partial charge in [0, 0.05) is 19.6 Å². The van der Waals surface area contributed by atoms with Gasteiger partial charge in [0.1, 0.15) is 6.04 Å². The summed E-state index contributed by atoms with van der Waals surface area (Å²) >= 11 is 0. The highest BCUT2D eigenvalue weighted by molar-refractivity contribution is 5.28. The van der Waals surface area contributed by atoms with Gasteiger partial charge in [-0.2, -0.15) is 5.26 Å². The maximum atomic E-state index is 8.96. The predicted octanol–water partition coefficient (Wildman–Crippen LogP) is 1.20. The number of fused-ring (bicyclic) bond motifs is 1. The van der Waals surface area contributed by atoms with E-state index in [-0.39, 0.29) is 6.04 Å². The van der Waals surface area contributed by atoms with Crippen molar-refractivity contribution in [2.24, 2.45) is 0 Å². The summed E-state index contributed by atoms with van der Waals surface area (Å²) in [6.45, 7) is 2.93. The van der Waals surface area contributed by atoms with Crippen LogP contribution in [0.2, 0.25) is 0 Å². The molecule has 0 aliphatic carbocycles. The Hall–Kier alpha value is -1.37. The van der Waals surface area contributed by atoms with E-state index in [9.17, 15) is 0 Å². The first-order valence-corrected chi connectivity index (χ1v) is 6.19. The van der Waals surface area contributed by atoms with Crippen molar-refractivity contribution in [1.82, 2.24) is 10.2 Å². The molecule has 0 fully saturated rings. The Morgan fingerprint density at radius 1 is 1.29 bits per heavy atom. The average Bonchev–Trinajstić information content (AvgIpc) is 2.58. The molecule has 0 saturated carbocycles. The standard InChI is InChI=1S/C14H19N3/c1-16-14(10-15)11-17-8-6-12-4-2-3-5-13(12)7-9-17/h2-5,14,16H,6-9,11H2,1H3. The van der Waals surface area contributed by atoms with Crippen molar-refractivity contribution in [3.63, 3.8) is 0 Å². The third-order valence-electron chi connectivity index (χ3n) is 3.46. The summed E-state index contributed by atoms with van der Waals surface area (Å²) in [7, 11) is 1.85. The number of benzene rings is 1. The summed E-state index contributed by atoms with van der Waals surface area (Å²) in [6, 6.07) is 10.9. The number of hydrogen-bond acceptors (Lipinski definition) is 3. The summed E-state index contributed by atoms with van der Waals surface area (Å²) < 4.78 is 0. The molecule has 0 bridgehead atoms. The van der Waals surface area contributed by atoms with Crippen LogP contribution in [0, 0.1) is 11.3 Å². The minimum absolute atomic E-state index is 0.0591. The average molecular weight is 229 g/mol. The van der Waals surface area contributed by atoms with E-state index < -0.39 is 0 Å². The van der Waals surface area contributed by atoms with Crippen molar-refractivity contribution < 1.29 is 0 Å². The largest absolute Gasteiger partial charge is 0.304 e. The molecule has 17 heavy (non-hydrogen) atoms. The van der Waals surface area contributed by atoms with Gasteiger partial charge in [-0.25, -0.2) is 0 Å². The smallest absolute Gasteiger partial charge is 0.108 e. The van der Waals surface area contributed by atoms with E-state index >= 15 is 0 Å². The van der Waals surface area contributed by atoms with Gasteiger partial charge in [0.15, 0.2) is 0 Å². The lowest BCUT2D eigenvalue weighted by Gasteiger charge is -2.22. The molecule has 1 N–H and O–H groups in total. The van der Waals surface area contributed by atoms with Crippen molar-refractivity contribution >= 4 is 0 Å². The van der Waals surface area contributed by atoms with E-state index in [1.807, 2.05) is 7.05 Å². The molecule has 0 amide bonds. The molecule has 90 valence electrons. The van der Waals surface area contributed by atoms with Gasteiger partial charge in [-0.05, 0) is 31.0 Å². The highest BCUT2D eigenvalue weighted by Crippen LogP contribution is 2.15. The molecule has 1 aliphatic rings. The molecular weight excluding hydrogens is 210 g/mol. The normalized spacial score (nSPS) is 17.9. The van der Waals surface area contributed by atoms with Gasteiger partial charge in [0.2, 0.25) is 0 Å². The second kappa shape index (κ2) is 5.81. The van der Waals surface area contributed by atoms with Crippen LogP contribution in [-0.4, -0.2) is 37.6 Å². The Morgan fingerprint density at radius 3 is 2.35 bits per heavy atom. The third-order valence-corrected chi connectivity index (χ3v) is 3.46. The Labute approximate surface area is 103 Å². The van der Waals surface area contributed by atoms with Gasteiger partial charge in [-0.3, -0.25) is 0 Å². The quantitative estimate of drug-likeness (QED) is 0.846. The Bertz CT molecular complexity index is 381. The van der Waals surface area contributed by atoms with E-state index in [1.54, 1.807) is 0 Å². The molecule has 1 aromatic carbocycles. The van der Waals surface area contributed by atoms with Gasteiger partial charge >= 0.3 is 0 Å². The van der Waals surface area contributed by atoms with Crippen LogP contribution in [0.1, 0.15) is 11.1 Å². The van der Waals surface area contributed by atoms with Crippen molar-refractivity contribution in [2.45, 2.75) is 18.9 Å². The molecule has 0 radical (unpaired) electrons. The lowest BCUT2D eigenvalue weighted by molar-refractivity contribution is 0.273. The molecule has 1 aliphatic heterocycles. The summed E-state index contributed by atoms with van der Waals surface area (Å²) in [5.41, 5.74) is 2.93. The molecule has 0 aromatic heterocycles. The fraction of sp³-hybridized carbons (Fsp3) is 0.500. The summed E-state index contributed by atoms with van der Waals surface area (Å²) in [6.07, 6.45) is 2.19. The van der Waals surface area contributed by atoms with Crippen molar-refractivity contribution in [3.05, 3.63) is 35.4 Å². The van der Waals surface area contributed by atoms with Crippen LogP contribution in [0.5, 0.6) is 0 Å². The van der Waals surface area contributed by atoms with Gasteiger partial charge in [-0.1, -0.05) is 24.3 Å². The van der Waals surface area contributed by atoms with Crippen LogP contribution >= 0.6 is 0 Å². The molecule has 1 heterocycles. The molecular formula is C14H19N3. The van der Waals surface area contributed by atoms with Gasteiger partial charge in [0.05, 0.1) is 6.07 Å². The Morgan fingerprint density at radius 2 is 1.88 bits per heavy atom. The number of rotatable bonds is 3. The van der Waals surface area contributed by atoms with E-state index in [0.29, 0.717) is 0 Å². The van der Waals surface area contributed by atoms with Gasteiger partial charge in [-0.15, -0.1) is 0 Å². The summed E-state index contributed by atoms with van der Waals surface area (Å²) in [5.74, 6) is 0. The molecule has 0 saturated heterocycles. The topological polar surface area (TPSA) is 39.1 Å². The summed E-state index contributed by atoms with van der Waals surface area (Å²) in [4.78, 5) is 2.38. The van der Waals surface area contributed by atoms with Gasteiger partial charge < -0.3 is 10.2 Å². The molecule has 1 atom stereocenters. The first kappa shape index (κ1) is 12.1. The maximum absolute atomic E-state index is 8.96. The highest BCUT2D eigenvalue weighted by atomic mass is 15.1. The molecule has 3 heteroatoms. The third kappa shape index (κ3) is 3.06. The second-order valence-electron chi connectivity index (χ2n) is 4.54. The van der Waals surface area contributed by atoms with Crippen LogP contribution in [0.25, 0.3) is 0 Å². The van der Waals surface area contributed by atoms with Gasteiger partial charge in [0.25, 0.3) is 0 Å². The number of nitrogens with one attached hydrogen (secondary N) is 1. The fourth-order valence-corrected chi connectivity index (χ4v) is 2.35. The van der Waals surface area contributed by atoms with Crippen molar-refractivity contribution in [2.75, 3.05) is 26.7 Å². The number of likely N-dealkylation sites (N-methyl/N-ethyl adjacent to an activating group) is 1. The zero-order valence-corrected chi connectivity index (χ0v) is 10.3. The minimum Gasteiger partial charge on any atom is -0.304 e. The maximum Gasteiger partial charge on any atom is 0.108 e. The molecule has 0 spiro atoms. The Balaban J connectivity index is 1.97. The lowest BCUT2D eigenvalue weighted by Crippen LogP contribution is -2.39. The molecule has 2 rings (SSSR count). The van der Waals surface area contributed by atoms with Crippen LogP contribution in [0.15, 0.2) is 24.3 Å².